The van der Waals surface area contributed by atoms with Gasteiger partial charge in [0.2, 0.25) is 0 Å². The first-order valence-electron chi connectivity index (χ1n) is 6.12. The Bertz CT molecular complexity index is 147. The van der Waals surface area contributed by atoms with Crippen LogP contribution in [-0.4, -0.2) is 32.3 Å². The zero-order chi connectivity index (χ0) is 9.64. The third-order valence-electron chi connectivity index (χ3n) is 3.41. The molecule has 0 saturated carbocycles. The molecule has 2 heterocycles. The molecular weight excluding hydrogens is 174 g/mol. The maximum absolute atomic E-state index is 3.64. The van der Waals surface area contributed by atoms with E-state index in [4.69, 9.17) is 0 Å². The lowest BCUT2D eigenvalue weighted by atomic mass is 10.0. The summed E-state index contributed by atoms with van der Waals surface area (Å²) in [5.41, 5.74) is 0. The second kappa shape index (κ2) is 5.69. The smallest absolute Gasteiger partial charge is 0.0572 e. The van der Waals surface area contributed by atoms with Crippen LogP contribution in [-0.2, 0) is 0 Å². The SMILES string of the molecule is C1CNCCC(CNC2CCCN2)C1. The van der Waals surface area contributed by atoms with E-state index in [2.05, 4.69) is 16.0 Å². The Morgan fingerprint density at radius 2 is 1.93 bits per heavy atom. The average molecular weight is 197 g/mol. The van der Waals surface area contributed by atoms with Crippen molar-refractivity contribution in [3.05, 3.63) is 0 Å². The molecule has 0 spiro atoms. The lowest BCUT2D eigenvalue weighted by molar-refractivity contribution is 0.384. The minimum atomic E-state index is 0.603. The predicted molar refractivity (Wildman–Crippen MR) is 59.2 cm³/mol. The molecule has 0 aromatic heterocycles. The van der Waals surface area contributed by atoms with E-state index in [0.717, 1.165) is 5.92 Å². The lowest BCUT2D eigenvalue weighted by Gasteiger charge is -2.18. The third-order valence-corrected chi connectivity index (χ3v) is 3.41. The van der Waals surface area contributed by atoms with Gasteiger partial charge in [-0.3, -0.25) is 0 Å². The maximum Gasteiger partial charge on any atom is 0.0572 e. The Morgan fingerprint density at radius 3 is 2.79 bits per heavy atom. The van der Waals surface area contributed by atoms with Gasteiger partial charge in [0.25, 0.3) is 0 Å². The monoisotopic (exact) mass is 197 g/mol. The normalized spacial score (nSPS) is 34.3. The van der Waals surface area contributed by atoms with Crippen molar-refractivity contribution in [1.82, 2.24) is 16.0 Å². The van der Waals surface area contributed by atoms with E-state index in [1.54, 1.807) is 0 Å². The summed E-state index contributed by atoms with van der Waals surface area (Å²) in [6, 6.07) is 0. The summed E-state index contributed by atoms with van der Waals surface area (Å²) < 4.78 is 0. The van der Waals surface area contributed by atoms with Gasteiger partial charge in [-0.25, -0.2) is 0 Å². The molecule has 0 amide bonds. The Morgan fingerprint density at radius 1 is 1.00 bits per heavy atom. The fraction of sp³-hybridized carbons (Fsp3) is 1.00. The van der Waals surface area contributed by atoms with Crippen LogP contribution in [0.3, 0.4) is 0 Å². The molecule has 2 aliphatic heterocycles. The lowest BCUT2D eigenvalue weighted by Crippen LogP contribution is -2.40. The third kappa shape index (κ3) is 3.23. The summed E-state index contributed by atoms with van der Waals surface area (Å²) >= 11 is 0. The Kier molecular flexibility index (Phi) is 4.22. The van der Waals surface area contributed by atoms with Crippen LogP contribution in [0.2, 0.25) is 0 Å². The molecule has 0 bridgehead atoms. The molecule has 2 saturated heterocycles. The number of nitrogens with one attached hydrogen (secondary N) is 3. The first kappa shape index (κ1) is 10.4. The van der Waals surface area contributed by atoms with Crippen LogP contribution >= 0.6 is 0 Å². The fourth-order valence-corrected chi connectivity index (χ4v) is 2.46. The van der Waals surface area contributed by atoms with E-state index in [0.29, 0.717) is 6.17 Å². The summed E-state index contributed by atoms with van der Waals surface area (Å²) in [5, 5.41) is 10.6. The highest BCUT2D eigenvalue weighted by molar-refractivity contribution is 4.75. The van der Waals surface area contributed by atoms with E-state index in [-0.39, 0.29) is 0 Å². The van der Waals surface area contributed by atoms with Gasteiger partial charge in [-0.05, 0) is 64.2 Å². The number of rotatable bonds is 3. The van der Waals surface area contributed by atoms with Crippen LogP contribution in [0.5, 0.6) is 0 Å². The molecular formula is C11H23N3. The summed E-state index contributed by atoms with van der Waals surface area (Å²) in [4.78, 5) is 0. The zero-order valence-corrected chi connectivity index (χ0v) is 9.02. The molecule has 82 valence electrons. The highest BCUT2D eigenvalue weighted by Crippen LogP contribution is 2.13. The second-order valence-electron chi connectivity index (χ2n) is 4.60. The molecule has 0 aromatic rings. The van der Waals surface area contributed by atoms with Gasteiger partial charge in [-0.1, -0.05) is 0 Å². The minimum absolute atomic E-state index is 0.603. The minimum Gasteiger partial charge on any atom is -0.317 e. The van der Waals surface area contributed by atoms with Crippen molar-refractivity contribution in [2.24, 2.45) is 5.92 Å². The highest BCUT2D eigenvalue weighted by Gasteiger charge is 2.16. The molecule has 14 heavy (non-hydrogen) atoms. The van der Waals surface area contributed by atoms with Gasteiger partial charge in [0.15, 0.2) is 0 Å². The molecule has 3 nitrogen and oxygen atoms in total. The molecule has 0 aliphatic carbocycles. The van der Waals surface area contributed by atoms with Gasteiger partial charge < -0.3 is 16.0 Å². The van der Waals surface area contributed by atoms with Crippen LogP contribution in [0.15, 0.2) is 0 Å². The van der Waals surface area contributed by atoms with Crippen molar-refractivity contribution in [3.63, 3.8) is 0 Å². The molecule has 3 heteroatoms. The molecule has 2 rings (SSSR count). The predicted octanol–water partition coefficient (Wildman–Crippen LogP) is 0.675. The van der Waals surface area contributed by atoms with Crippen LogP contribution in [0.1, 0.15) is 32.1 Å². The largest absolute Gasteiger partial charge is 0.317 e. The van der Waals surface area contributed by atoms with Crippen molar-refractivity contribution < 1.29 is 0 Å². The van der Waals surface area contributed by atoms with Crippen LogP contribution in [0, 0.1) is 5.92 Å². The van der Waals surface area contributed by atoms with Crippen molar-refractivity contribution >= 4 is 0 Å². The Hall–Kier alpha value is -0.120. The van der Waals surface area contributed by atoms with Crippen molar-refractivity contribution in [3.8, 4) is 0 Å². The molecule has 2 aliphatic rings. The van der Waals surface area contributed by atoms with E-state index in [1.165, 1.54) is 58.3 Å². The molecule has 2 fully saturated rings. The molecule has 3 N–H and O–H groups in total. The van der Waals surface area contributed by atoms with Gasteiger partial charge in [0.1, 0.15) is 0 Å². The number of hydrogen-bond donors (Lipinski definition) is 3. The molecule has 2 unspecified atom stereocenters. The molecule has 2 atom stereocenters. The summed E-state index contributed by atoms with van der Waals surface area (Å²) in [6.07, 6.45) is 7.34. The summed E-state index contributed by atoms with van der Waals surface area (Å²) in [7, 11) is 0. The molecule has 0 aromatic carbocycles. The van der Waals surface area contributed by atoms with E-state index in [9.17, 15) is 0 Å². The standard InChI is InChI=1S/C11H23N3/c1-3-10(5-8-12-6-1)9-14-11-4-2-7-13-11/h10-14H,1-9H2. The Labute approximate surface area is 87.0 Å². The summed E-state index contributed by atoms with van der Waals surface area (Å²) in [5.74, 6) is 0.896. The first-order chi connectivity index (χ1) is 6.95. The Balaban J connectivity index is 1.62. The first-order valence-corrected chi connectivity index (χ1v) is 6.12. The van der Waals surface area contributed by atoms with Gasteiger partial charge in [-0.15, -0.1) is 0 Å². The van der Waals surface area contributed by atoms with Gasteiger partial charge in [0, 0.05) is 0 Å². The average Bonchev–Trinajstić information content (AvgIpc) is 2.58. The maximum atomic E-state index is 3.64. The summed E-state index contributed by atoms with van der Waals surface area (Å²) in [6.45, 7) is 4.84. The van der Waals surface area contributed by atoms with E-state index >= 15 is 0 Å². The quantitative estimate of drug-likeness (QED) is 0.622. The van der Waals surface area contributed by atoms with Crippen molar-refractivity contribution in [1.29, 1.82) is 0 Å². The topological polar surface area (TPSA) is 36.1 Å². The van der Waals surface area contributed by atoms with Gasteiger partial charge >= 0.3 is 0 Å². The molecule has 0 radical (unpaired) electrons. The van der Waals surface area contributed by atoms with E-state index in [1.807, 2.05) is 0 Å². The van der Waals surface area contributed by atoms with Gasteiger partial charge in [-0.2, -0.15) is 0 Å². The second-order valence-corrected chi connectivity index (χ2v) is 4.60. The zero-order valence-electron chi connectivity index (χ0n) is 9.02. The van der Waals surface area contributed by atoms with Gasteiger partial charge in [0.05, 0.1) is 6.17 Å². The fourth-order valence-electron chi connectivity index (χ4n) is 2.46. The van der Waals surface area contributed by atoms with Crippen LogP contribution < -0.4 is 16.0 Å². The van der Waals surface area contributed by atoms with E-state index < -0.39 is 0 Å². The highest BCUT2D eigenvalue weighted by atomic mass is 15.1. The van der Waals surface area contributed by atoms with Crippen molar-refractivity contribution in [2.75, 3.05) is 26.2 Å². The van der Waals surface area contributed by atoms with Crippen molar-refractivity contribution in [2.45, 2.75) is 38.3 Å². The number of hydrogen-bond acceptors (Lipinski definition) is 3. The van der Waals surface area contributed by atoms with Crippen LogP contribution in [0.4, 0.5) is 0 Å². The van der Waals surface area contributed by atoms with Crippen LogP contribution in [0.25, 0.3) is 0 Å².